The fourth-order valence-corrected chi connectivity index (χ4v) is 7.73. The fraction of sp³-hybridized carbons (Fsp3) is 0.481. The molecular formula is C27H34N4O4S2. The van der Waals surface area contributed by atoms with Crippen molar-refractivity contribution >= 4 is 42.6 Å². The van der Waals surface area contributed by atoms with Crippen molar-refractivity contribution in [1.82, 2.24) is 14.2 Å². The Hall–Kier alpha value is -2.53. The average Bonchev–Trinajstić information content (AvgIpc) is 3.32. The van der Waals surface area contributed by atoms with Gasteiger partial charge in [0.05, 0.1) is 27.3 Å². The van der Waals surface area contributed by atoms with Crippen LogP contribution in [0.3, 0.4) is 0 Å². The Morgan fingerprint density at radius 2 is 1.65 bits per heavy atom. The first-order valence-electron chi connectivity index (χ1n) is 12.8. The minimum Gasteiger partial charge on any atom is -0.373 e. The second-order valence-corrected chi connectivity index (χ2v) is 13.2. The molecule has 3 aromatic rings. The maximum absolute atomic E-state index is 13.2. The number of morpholine rings is 1. The highest BCUT2D eigenvalue weighted by Gasteiger charge is 2.32. The number of aromatic nitrogens is 1. The number of nitrogens with zero attached hydrogens (tertiary/aromatic N) is 4. The Labute approximate surface area is 222 Å². The molecule has 2 atom stereocenters. The summed E-state index contributed by atoms with van der Waals surface area (Å²) in [6.07, 6.45) is -0.309. The lowest BCUT2D eigenvalue weighted by Gasteiger charge is -2.35. The van der Waals surface area contributed by atoms with E-state index < -0.39 is 10.0 Å². The molecule has 0 saturated carbocycles. The average molecular weight is 543 g/mol. The zero-order chi connectivity index (χ0) is 26.3. The first-order valence-corrected chi connectivity index (χ1v) is 15.1. The number of anilines is 1. The molecule has 1 amide bonds. The van der Waals surface area contributed by atoms with Gasteiger partial charge in [-0.15, -0.1) is 0 Å². The number of hydrogen-bond donors (Lipinski definition) is 0. The monoisotopic (exact) mass is 542 g/mol. The minimum absolute atomic E-state index is 0.0800. The van der Waals surface area contributed by atoms with Crippen LogP contribution in [0, 0.1) is 0 Å². The summed E-state index contributed by atoms with van der Waals surface area (Å²) < 4.78 is 34.6. The highest BCUT2D eigenvalue weighted by molar-refractivity contribution is 7.89. The number of ether oxygens (including phenoxy) is 1. The molecule has 0 aliphatic carbocycles. The highest BCUT2D eigenvalue weighted by atomic mass is 32.2. The summed E-state index contributed by atoms with van der Waals surface area (Å²) in [6, 6.07) is 12.7. The van der Waals surface area contributed by atoms with Crippen LogP contribution in [0.5, 0.6) is 0 Å². The number of piperazine rings is 1. The number of para-hydroxylation sites is 1. The molecule has 2 aromatic carbocycles. The summed E-state index contributed by atoms with van der Waals surface area (Å²) >= 11 is 1.70. The number of sulfonamides is 1. The third kappa shape index (κ3) is 5.25. The van der Waals surface area contributed by atoms with Gasteiger partial charge in [0.25, 0.3) is 5.91 Å². The van der Waals surface area contributed by atoms with Crippen LogP contribution in [0.15, 0.2) is 47.4 Å². The molecule has 0 N–H and O–H groups in total. The van der Waals surface area contributed by atoms with Crippen molar-refractivity contribution in [1.29, 1.82) is 0 Å². The number of carbonyl (C=O) groups excluding carboxylic acids is 1. The van der Waals surface area contributed by atoms with Gasteiger partial charge in [-0.2, -0.15) is 4.31 Å². The second-order valence-electron chi connectivity index (χ2n) is 10.2. The maximum atomic E-state index is 13.2. The van der Waals surface area contributed by atoms with Crippen LogP contribution in [0.25, 0.3) is 10.2 Å². The standard InChI is InChI=1S/C27H34N4O4S2/c1-18(2)23-6-5-7-24-25(23)28-27(36-24)30-14-12-29(13-15-30)26(32)21-8-10-22(11-9-21)37(33,34)31-16-19(3)35-20(4)17-31/h5-11,18-20H,12-17H2,1-4H3. The Kier molecular flexibility index (Phi) is 7.28. The maximum Gasteiger partial charge on any atom is 0.253 e. The van der Waals surface area contributed by atoms with Gasteiger partial charge in [0.2, 0.25) is 10.0 Å². The number of benzene rings is 2. The zero-order valence-electron chi connectivity index (χ0n) is 21.8. The molecule has 1 aromatic heterocycles. The van der Waals surface area contributed by atoms with E-state index in [0.29, 0.717) is 50.7 Å². The predicted molar refractivity (Wildman–Crippen MR) is 147 cm³/mol. The smallest absolute Gasteiger partial charge is 0.253 e. The molecule has 3 heterocycles. The fourth-order valence-electron chi connectivity index (χ4n) is 5.09. The Balaban J connectivity index is 1.24. The molecule has 5 rings (SSSR count). The Morgan fingerprint density at radius 1 is 1.00 bits per heavy atom. The van der Waals surface area contributed by atoms with Crippen molar-refractivity contribution in [2.24, 2.45) is 0 Å². The van der Waals surface area contributed by atoms with Crippen LogP contribution < -0.4 is 4.90 Å². The number of thiazole rings is 1. The molecule has 2 saturated heterocycles. The molecule has 2 aliphatic rings. The third-order valence-corrected chi connectivity index (χ3v) is 9.95. The molecular weight excluding hydrogens is 508 g/mol. The summed E-state index contributed by atoms with van der Waals surface area (Å²) in [4.78, 5) is 22.4. The lowest BCUT2D eigenvalue weighted by atomic mass is 10.0. The topological polar surface area (TPSA) is 83.1 Å². The molecule has 37 heavy (non-hydrogen) atoms. The molecule has 0 spiro atoms. The van der Waals surface area contributed by atoms with Crippen molar-refractivity contribution in [2.45, 2.75) is 50.7 Å². The van der Waals surface area contributed by atoms with Crippen LogP contribution >= 0.6 is 11.3 Å². The van der Waals surface area contributed by atoms with Crippen molar-refractivity contribution in [3.05, 3.63) is 53.6 Å². The van der Waals surface area contributed by atoms with Crippen LogP contribution in [0.4, 0.5) is 5.13 Å². The largest absolute Gasteiger partial charge is 0.373 e. The van der Waals surface area contributed by atoms with E-state index in [4.69, 9.17) is 9.72 Å². The van der Waals surface area contributed by atoms with Crippen LogP contribution in [0.1, 0.15) is 49.5 Å². The first-order chi connectivity index (χ1) is 17.6. The number of fused-ring (bicyclic) bond motifs is 1. The second kappa shape index (κ2) is 10.3. The summed E-state index contributed by atoms with van der Waals surface area (Å²) in [5.41, 5.74) is 2.83. The van der Waals surface area contributed by atoms with Gasteiger partial charge in [0.1, 0.15) is 0 Å². The highest BCUT2D eigenvalue weighted by Crippen LogP contribution is 2.34. The molecule has 2 unspecified atom stereocenters. The molecule has 0 bridgehead atoms. The Bertz CT molecular complexity index is 1370. The molecule has 10 heteroatoms. The van der Waals surface area contributed by atoms with E-state index in [-0.39, 0.29) is 23.0 Å². The summed E-state index contributed by atoms with van der Waals surface area (Å²) in [7, 11) is -3.64. The molecule has 2 fully saturated rings. The zero-order valence-corrected chi connectivity index (χ0v) is 23.4. The van der Waals surface area contributed by atoms with E-state index in [2.05, 4.69) is 36.9 Å². The Morgan fingerprint density at radius 3 is 2.27 bits per heavy atom. The van der Waals surface area contributed by atoms with E-state index in [1.165, 1.54) is 26.7 Å². The van der Waals surface area contributed by atoms with Crippen molar-refractivity contribution in [3.8, 4) is 0 Å². The van der Waals surface area contributed by atoms with E-state index in [9.17, 15) is 13.2 Å². The normalized spacial score (nSPS) is 21.6. The van der Waals surface area contributed by atoms with Gasteiger partial charge in [0, 0.05) is 44.8 Å². The van der Waals surface area contributed by atoms with Gasteiger partial charge < -0.3 is 14.5 Å². The van der Waals surface area contributed by atoms with Crippen LogP contribution in [-0.4, -0.2) is 80.0 Å². The molecule has 0 radical (unpaired) electrons. The van der Waals surface area contributed by atoms with Crippen molar-refractivity contribution in [2.75, 3.05) is 44.2 Å². The summed E-state index contributed by atoms with van der Waals surface area (Å²) in [5, 5.41) is 0.997. The van der Waals surface area contributed by atoms with E-state index in [1.807, 2.05) is 18.7 Å². The molecule has 8 nitrogen and oxygen atoms in total. The summed E-state index contributed by atoms with van der Waals surface area (Å²) in [6.45, 7) is 11.4. The number of amides is 1. The van der Waals surface area contributed by atoms with Gasteiger partial charge in [-0.3, -0.25) is 4.79 Å². The van der Waals surface area contributed by atoms with Gasteiger partial charge in [-0.25, -0.2) is 13.4 Å². The van der Waals surface area contributed by atoms with E-state index in [0.717, 1.165) is 10.6 Å². The van der Waals surface area contributed by atoms with Crippen LogP contribution in [0.2, 0.25) is 0 Å². The quantitative estimate of drug-likeness (QED) is 0.481. The lowest BCUT2D eigenvalue weighted by Crippen LogP contribution is -2.48. The third-order valence-electron chi connectivity index (χ3n) is 7.02. The number of hydrogen-bond acceptors (Lipinski definition) is 7. The van der Waals surface area contributed by atoms with Gasteiger partial charge in [-0.05, 0) is 55.7 Å². The minimum atomic E-state index is -3.64. The van der Waals surface area contributed by atoms with Gasteiger partial charge in [0.15, 0.2) is 5.13 Å². The SMILES string of the molecule is CC1CN(S(=O)(=O)c2ccc(C(=O)N3CCN(c4nc5c(C(C)C)cccc5s4)CC3)cc2)CC(C)O1. The number of carbonyl (C=O) groups is 1. The van der Waals surface area contributed by atoms with Gasteiger partial charge >= 0.3 is 0 Å². The number of rotatable bonds is 5. The molecule has 198 valence electrons. The lowest BCUT2D eigenvalue weighted by molar-refractivity contribution is -0.0440. The first kappa shape index (κ1) is 26.1. The van der Waals surface area contributed by atoms with Crippen LogP contribution in [-0.2, 0) is 14.8 Å². The van der Waals surface area contributed by atoms with Crippen molar-refractivity contribution in [3.63, 3.8) is 0 Å². The van der Waals surface area contributed by atoms with Crippen molar-refractivity contribution < 1.29 is 17.9 Å². The van der Waals surface area contributed by atoms with E-state index >= 15 is 0 Å². The van der Waals surface area contributed by atoms with E-state index in [1.54, 1.807) is 23.5 Å². The van der Waals surface area contributed by atoms with Gasteiger partial charge in [-0.1, -0.05) is 37.3 Å². The summed E-state index contributed by atoms with van der Waals surface area (Å²) in [5.74, 6) is 0.332. The predicted octanol–water partition coefficient (Wildman–Crippen LogP) is 4.18. The molecule has 2 aliphatic heterocycles.